The maximum atomic E-state index is 13.1. The van der Waals surface area contributed by atoms with Crippen molar-refractivity contribution in [2.75, 3.05) is 26.9 Å². The molecule has 0 aromatic carbocycles. The Morgan fingerprint density at radius 1 is 1.15 bits per heavy atom. The molecule has 13 heteroatoms. The van der Waals surface area contributed by atoms with E-state index in [-0.39, 0.29) is 48.9 Å². The highest BCUT2D eigenvalue weighted by Gasteiger charge is 2.47. The number of hydrogen-bond acceptors (Lipinski definition) is 13. The number of esters is 2. The van der Waals surface area contributed by atoms with E-state index in [2.05, 4.69) is 0 Å². The van der Waals surface area contributed by atoms with E-state index in [0.717, 1.165) is 6.26 Å². The predicted molar refractivity (Wildman–Crippen MR) is 136 cm³/mol. The van der Waals surface area contributed by atoms with E-state index in [1.165, 1.54) is 7.11 Å². The van der Waals surface area contributed by atoms with Crippen LogP contribution in [0.4, 0.5) is 0 Å². The fourth-order valence-electron chi connectivity index (χ4n) is 5.75. The number of carbonyl (C=O) groups is 2. The Morgan fingerprint density at radius 3 is 2.45 bits per heavy atom. The van der Waals surface area contributed by atoms with Gasteiger partial charge in [-0.25, -0.2) is 4.79 Å². The summed E-state index contributed by atoms with van der Waals surface area (Å²) in [5, 5.41) is 59.9. The van der Waals surface area contributed by atoms with Crippen LogP contribution in [-0.4, -0.2) is 113 Å². The number of aliphatic hydroxyl groups excluding tert-OH is 6. The molecule has 0 unspecified atom stereocenters. The van der Waals surface area contributed by atoms with Crippen LogP contribution in [-0.2, 0) is 33.3 Å². The minimum absolute atomic E-state index is 0.0256. The van der Waals surface area contributed by atoms with Gasteiger partial charge < -0.3 is 54.3 Å². The lowest BCUT2D eigenvalue weighted by atomic mass is 9.83. The third kappa shape index (κ3) is 6.85. The topological polar surface area (TPSA) is 202 Å². The molecular formula is C27H42O13. The second-order valence-corrected chi connectivity index (χ2v) is 10.7. The normalized spacial score (nSPS) is 39.8. The first kappa shape index (κ1) is 32.4. The molecule has 2 aliphatic heterocycles. The SMILES string of the molecule is C/C=C1/[C@H](O[C@@H]2O[C@H](CO)[C@@H](O)[C@H](O)[C@H]2O)OC=C(C(=O)OC)[C@H]1CC(=O)OC[C@@H]1[C@@H](C)[C@@H](O)C[C@H]1[C@H](C)CO. The van der Waals surface area contributed by atoms with Crippen molar-refractivity contribution in [3.8, 4) is 0 Å². The summed E-state index contributed by atoms with van der Waals surface area (Å²) < 4.78 is 27.2. The van der Waals surface area contributed by atoms with Crippen LogP contribution in [0, 0.1) is 29.6 Å². The molecule has 228 valence electrons. The largest absolute Gasteiger partial charge is 0.468 e. The van der Waals surface area contributed by atoms with Crippen LogP contribution in [0.3, 0.4) is 0 Å². The van der Waals surface area contributed by atoms with Crippen LogP contribution in [0.2, 0.25) is 0 Å². The van der Waals surface area contributed by atoms with Gasteiger partial charge >= 0.3 is 11.9 Å². The molecule has 0 aromatic rings. The van der Waals surface area contributed by atoms with E-state index >= 15 is 0 Å². The summed E-state index contributed by atoms with van der Waals surface area (Å²) in [5.41, 5.74) is 0.339. The number of hydrogen-bond donors (Lipinski definition) is 6. The molecule has 2 heterocycles. The van der Waals surface area contributed by atoms with Crippen molar-refractivity contribution >= 4 is 11.9 Å². The van der Waals surface area contributed by atoms with Crippen LogP contribution in [0.25, 0.3) is 0 Å². The fourth-order valence-corrected chi connectivity index (χ4v) is 5.75. The molecule has 6 N–H and O–H groups in total. The van der Waals surface area contributed by atoms with Gasteiger partial charge in [-0.1, -0.05) is 19.9 Å². The molecule has 3 rings (SSSR count). The molecule has 13 nitrogen and oxygen atoms in total. The molecule has 12 atom stereocenters. The van der Waals surface area contributed by atoms with Crippen LogP contribution in [0.5, 0.6) is 0 Å². The van der Waals surface area contributed by atoms with Gasteiger partial charge in [0.1, 0.15) is 24.4 Å². The van der Waals surface area contributed by atoms with Crippen molar-refractivity contribution < 1.29 is 63.9 Å². The number of allylic oxidation sites excluding steroid dienone is 1. The monoisotopic (exact) mass is 574 g/mol. The fraction of sp³-hybridized carbons (Fsp3) is 0.778. The van der Waals surface area contributed by atoms with E-state index in [1.54, 1.807) is 13.0 Å². The van der Waals surface area contributed by atoms with Gasteiger partial charge in [0, 0.05) is 24.0 Å². The van der Waals surface area contributed by atoms with E-state index < -0.39 is 67.6 Å². The van der Waals surface area contributed by atoms with Crippen molar-refractivity contribution in [1.82, 2.24) is 0 Å². The molecule has 3 aliphatic rings. The van der Waals surface area contributed by atoms with Gasteiger partial charge in [-0.05, 0) is 31.1 Å². The van der Waals surface area contributed by atoms with Gasteiger partial charge in [0.15, 0.2) is 6.29 Å². The first-order valence-corrected chi connectivity index (χ1v) is 13.5. The number of carbonyl (C=O) groups excluding carboxylic acids is 2. The zero-order chi connectivity index (χ0) is 29.7. The first-order valence-electron chi connectivity index (χ1n) is 13.5. The highest BCUT2D eigenvalue weighted by molar-refractivity contribution is 5.90. The van der Waals surface area contributed by atoms with E-state index in [1.807, 2.05) is 13.8 Å². The summed E-state index contributed by atoms with van der Waals surface area (Å²) in [5.74, 6) is -2.67. The summed E-state index contributed by atoms with van der Waals surface area (Å²) in [7, 11) is 1.18. The van der Waals surface area contributed by atoms with Crippen molar-refractivity contribution in [1.29, 1.82) is 0 Å². The maximum Gasteiger partial charge on any atom is 0.337 e. The third-order valence-corrected chi connectivity index (χ3v) is 8.40. The Kier molecular flexibility index (Phi) is 11.5. The second kappa shape index (κ2) is 14.2. The lowest BCUT2D eigenvalue weighted by Crippen LogP contribution is -2.60. The molecule has 1 aliphatic carbocycles. The minimum atomic E-state index is -1.69. The molecule has 0 spiro atoms. The van der Waals surface area contributed by atoms with Crippen molar-refractivity contribution in [2.24, 2.45) is 29.6 Å². The number of methoxy groups -OCH3 is 1. The van der Waals surface area contributed by atoms with Crippen molar-refractivity contribution in [3.63, 3.8) is 0 Å². The van der Waals surface area contributed by atoms with Crippen LogP contribution < -0.4 is 0 Å². The van der Waals surface area contributed by atoms with Gasteiger partial charge in [0.25, 0.3) is 0 Å². The zero-order valence-electron chi connectivity index (χ0n) is 23.2. The Bertz CT molecular complexity index is 933. The van der Waals surface area contributed by atoms with E-state index in [0.29, 0.717) is 12.0 Å². The van der Waals surface area contributed by atoms with Crippen molar-refractivity contribution in [2.45, 2.75) is 76.7 Å². The standard InChI is InChI=1S/C27H42O13/c1-5-14-16(7-21(31)37-10-17-13(3)19(30)6-15(17)12(2)8-28)18(25(35)36-4)11-38-26(14)40-27-24(34)23(33)22(32)20(9-29)39-27/h5,11-13,15-17,19-20,22-24,26-30,32-34H,6-10H2,1-4H3/b14-5+/t12-,13-,15+,16+,17-,19+,20-,22-,23+,24-,26+,27+/m1/s1. The average molecular weight is 575 g/mol. The summed E-state index contributed by atoms with van der Waals surface area (Å²) >= 11 is 0. The third-order valence-electron chi connectivity index (χ3n) is 8.40. The van der Waals surface area contributed by atoms with Gasteiger partial charge in [-0.15, -0.1) is 0 Å². The van der Waals surface area contributed by atoms with E-state index in [9.17, 15) is 40.2 Å². The summed E-state index contributed by atoms with van der Waals surface area (Å²) in [6.07, 6.45) is -6.64. The number of ether oxygens (including phenoxy) is 5. The number of aliphatic hydroxyl groups is 6. The molecule has 1 saturated heterocycles. The second-order valence-electron chi connectivity index (χ2n) is 10.7. The van der Waals surface area contributed by atoms with Crippen LogP contribution in [0.15, 0.2) is 23.5 Å². The highest BCUT2D eigenvalue weighted by Crippen LogP contribution is 2.42. The zero-order valence-corrected chi connectivity index (χ0v) is 23.2. The smallest absolute Gasteiger partial charge is 0.337 e. The summed E-state index contributed by atoms with van der Waals surface area (Å²) in [6.45, 7) is 4.72. The maximum absolute atomic E-state index is 13.1. The minimum Gasteiger partial charge on any atom is -0.468 e. The molecule has 0 radical (unpaired) electrons. The number of rotatable bonds is 10. The van der Waals surface area contributed by atoms with E-state index in [4.69, 9.17) is 23.7 Å². The molecule has 0 aromatic heterocycles. The lowest BCUT2D eigenvalue weighted by molar-refractivity contribution is -0.327. The Hall–Kier alpha value is -2.10. The van der Waals surface area contributed by atoms with Crippen LogP contribution >= 0.6 is 0 Å². The summed E-state index contributed by atoms with van der Waals surface area (Å²) in [6, 6.07) is 0. The summed E-state index contributed by atoms with van der Waals surface area (Å²) in [4.78, 5) is 25.6. The van der Waals surface area contributed by atoms with Gasteiger partial charge in [0.2, 0.25) is 6.29 Å². The lowest BCUT2D eigenvalue weighted by Gasteiger charge is -2.41. The Balaban J connectivity index is 1.75. The highest BCUT2D eigenvalue weighted by atomic mass is 16.8. The quantitative estimate of drug-likeness (QED) is 0.137. The molecule has 40 heavy (non-hydrogen) atoms. The van der Waals surface area contributed by atoms with Gasteiger partial charge in [0.05, 0.1) is 44.7 Å². The predicted octanol–water partition coefficient (Wildman–Crippen LogP) is -1.03. The Morgan fingerprint density at radius 2 is 1.85 bits per heavy atom. The molecule has 0 bridgehead atoms. The molecule has 0 amide bonds. The first-order chi connectivity index (χ1) is 19.0. The van der Waals surface area contributed by atoms with Crippen molar-refractivity contribution in [3.05, 3.63) is 23.5 Å². The van der Waals surface area contributed by atoms with Gasteiger partial charge in [-0.3, -0.25) is 4.79 Å². The molecule has 1 saturated carbocycles. The van der Waals surface area contributed by atoms with Gasteiger partial charge in [-0.2, -0.15) is 0 Å². The average Bonchev–Trinajstić information content (AvgIpc) is 3.24. The van der Waals surface area contributed by atoms with Crippen LogP contribution in [0.1, 0.15) is 33.6 Å². The molecular weight excluding hydrogens is 532 g/mol. The Labute approximate surface area is 232 Å². The molecule has 2 fully saturated rings.